The second-order valence-electron chi connectivity index (χ2n) is 5.48. The van der Waals surface area contributed by atoms with E-state index in [2.05, 4.69) is 0 Å². The van der Waals surface area contributed by atoms with Gasteiger partial charge in [-0.25, -0.2) is 0 Å². The van der Waals surface area contributed by atoms with E-state index in [9.17, 15) is 14.7 Å². The van der Waals surface area contributed by atoms with Crippen LogP contribution in [-0.2, 0) is 16.0 Å². The molecule has 21 heavy (non-hydrogen) atoms. The highest BCUT2D eigenvalue weighted by molar-refractivity contribution is 7.98. The molecule has 6 heteroatoms. The number of carbonyl (C=O) groups is 2. The van der Waals surface area contributed by atoms with Crippen molar-refractivity contribution < 1.29 is 19.8 Å². The number of hydrogen-bond donors (Lipinski definition) is 3. The zero-order chi connectivity index (χ0) is 15.6. The van der Waals surface area contributed by atoms with Gasteiger partial charge in [0.05, 0.1) is 5.92 Å². The van der Waals surface area contributed by atoms with Crippen molar-refractivity contribution in [1.82, 2.24) is 0 Å². The average Bonchev–Trinajstić information content (AvgIpc) is 3.26. The molecule has 1 unspecified atom stereocenters. The van der Waals surface area contributed by atoms with Crippen LogP contribution in [0.15, 0.2) is 29.2 Å². The van der Waals surface area contributed by atoms with Gasteiger partial charge in [0, 0.05) is 10.8 Å². The van der Waals surface area contributed by atoms with Gasteiger partial charge in [-0.2, -0.15) is 0 Å². The van der Waals surface area contributed by atoms with E-state index in [1.54, 1.807) is 11.8 Å². The fraction of sp³-hybridized carbons (Fsp3) is 0.467. The molecule has 1 aromatic carbocycles. The van der Waals surface area contributed by atoms with E-state index < -0.39 is 29.3 Å². The first-order valence-corrected chi connectivity index (χ1v) is 7.99. The number of carboxylic acid groups (broad SMARTS) is 2. The largest absolute Gasteiger partial charge is 0.481 e. The lowest BCUT2D eigenvalue weighted by molar-refractivity contribution is -0.145. The zero-order valence-corrected chi connectivity index (χ0v) is 12.6. The summed E-state index contributed by atoms with van der Waals surface area (Å²) in [5.41, 5.74) is 5.58. The maximum Gasteiger partial charge on any atom is 0.324 e. The Morgan fingerprint density at radius 1 is 1.43 bits per heavy atom. The summed E-state index contributed by atoms with van der Waals surface area (Å²) in [6.07, 6.45) is 3.10. The van der Waals surface area contributed by atoms with Crippen LogP contribution in [0.1, 0.15) is 18.4 Å². The van der Waals surface area contributed by atoms with Crippen molar-refractivity contribution in [2.75, 3.05) is 6.26 Å². The molecule has 1 aliphatic rings. The summed E-state index contributed by atoms with van der Waals surface area (Å²) in [4.78, 5) is 23.6. The third kappa shape index (κ3) is 3.39. The summed E-state index contributed by atoms with van der Waals surface area (Å²) >= 11 is 1.62. The maximum atomic E-state index is 11.5. The molecular weight excluding hydrogens is 290 g/mol. The Labute approximate surface area is 127 Å². The lowest BCUT2D eigenvalue weighted by atomic mass is 9.86. The number of carboxylic acids is 2. The van der Waals surface area contributed by atoms with E-state index >= 15 is 0 Å². The number of rotatable bonds is 7. The summed E-state index contributed by atoms with van der Waals surface area (Å²) in [7, 11) is 0. The minimum Gasteiger partial charge on any atom is -0.481 e. The minimum atomic E-state index is -1.46. The first-order valence-electron chi connectivity index (χ1n) is 6.76. The maximum absolute atomic E-state index is 11.5. The number of nitrogens with two attached hydrogens (primary N) is 1. The molecule has 0 bridgehead atoms. The number of aryl methyl sites for hydroxylation is 1. The Morgan fingerprint density at radius 3 is 2.67 bits per heavy atom. The Morgan fingerprint density at radius 2 is 2.14 bits per heavy atom. The van der Waals surface area contributed by atoms with Crippen LogP contribution in [0.2, 0.25) is 0 Å². The summed E-state index contributed by atoms with van der Waals surface area (Å²) in [6.45, 7) is 0. The van der Waals surface area contributed by atoms with Gasteiger partial charge in [-0.15, -0.1) is 11.8 Å². The van der Waals surface area contributed by atoms with Gasteiger partial charge in [0.15, 0.2) is 0 Å². The Kier molecular flexibility index (Phi) is 4.58. The van der Waals surface area contributed by atoms with E-state index in [1.165, 1.54) is 0 Å². The lowest BCUT2D eigenvalue weighted by Crippen LogP contribution is -2.51. The molecule has 4 N–H and O–H groups in total. The van der Waals surface area contributed by atoms with E-state index in [0.717, 1.165) is 10.5 Å². The van der Waals surface area contributed by atoms with Crippen LogP contribution in [-0.4, -0.2) is 33.9 Å². The fourth-order valence-corrected chi connectivity index (χ4v) is 3.15. The van der Waals surface area contributed by atoms with Gasteiger partial charge in [-0.1, -0.05) is 12.1 Å². The quantitative estimate of drug-likeness (QED) is 0.665. The smallest absolute Gasteiger partial charge is 0.324 e. The van der Waals surface area contributed by atoms with Gasteiger partial charge in [0.25, 0.3) is 0 Å². The number of benzene rings is 1. The van der Waals surface area contributed by atoms with Crippen LogP contribution in [0.4, 0.5) is 0 Å². The highest BCUT2D eigenvalue weighted by Crippen LogP contribution is 2.47. The molecule has 0 spiro atoms. The lowest BCUT2D eigenvalue weighted by Gasteiger charge is -2.25. The van der Waals surface area contributed by atoms with Crippen LogP contribution in [0.3, 0.4) is 0 Å². The Balaban J connectivity index is 2.07. The van der Waals surface area contributed by atoms with Crippen LogP contribution >= 0.6 is 11.8 Å². The number of hydrogen-bond acceptors (Lipinski definition) is 4. The van der Waals surface area contributed by atoms with Crippen molar-refractivity contribution >= 4 is 23.7 Å². The molecule has 114 valence electrons. The third-order valence-corrected chi connectivity index (χ3v) is 4.85. The van der Waals surface area contributed by atoms with Crippen molar-refractivity contribution in [3.05, 3.63) is 29.8 Å². The number of aliphatic carboxylic acids is 2. The van der Waals surface area contributed by atoms with Crippen molar-refractivity contribution in [3.8, 4) is 0 Å². The van der Waals surface area contributed by atoms with Gasteiger partial charge in [0.1, 0.15) is 5.54 Å². The SMILES string of the molecule is CSc1cccc(CCC(N)(C(=O)O)[C@H]2C[C@@H]2C(=O)O)c1. The van der Waals surface area contributed by atoms with E-state index in [4.69, 9.17) is 10.8 Å². The molecule has 0 amide bonds. The molecule has 1 aliphatic carbocycles. The summed E-state index contributed by atoms with van der Waals surface area (Å²) < 4.78 is 0. The minimum absolute atomic E-state index is 0.245. The molecule has 0 radical (unpaired) electrons. The molecule has 0 heterocycles. The summed E-state index contributed by atoms with van der Waals surface area (Å²) in [5.74, 6) is -3.17. The molecule has 0 aliphatic heterocycles. The molecular formula is C15H19NO4S. The first-order chi connectivity index (χ1) is 9.88. The van der Waals surface area contributed by atoms with Gasteiger partial charge in [0.2, 0.25) is 0 Å². The zero-order valence-electron chi connectivity index (χ0n) is 11.8. The van der Waals surface area contributed by atoms with Crippen molar-refractivity contribution in [1.29, 1.82) is 0 Å². The van der Waals surface area contributed by atoms with Crippen LogP contribution in [0.5, 0.6) is 0 Å². The third-order valence-electron chi connectivity index (χ3n) is 4.13. The molecule has 1 saturated carbocycles. The normalized spacial score (nSPS) is 23.3. The fourth-order valence-electron chi connectivity index (χ4n) is 2.67. The van der Waals surface area contributed by atoms with E-state index in [-0.39, 0.29) is 6.42 Å². The topological polar surface area (TPSA) is 101 Å². The Hall–Kier alpha value is -1.53. The monoisotopic (exact) mass is 309 g/mol. The van der Waals surface area contributed by atoms with Crippen molar-refractivity contribution in [2.24, 2.45) is 17.6 Å². The molecule has 1 aromatic rings. The van der Waals surface area contributed by atoms with E-state index in [0.29, 0.717) is 12.8 Å². The molecule has 5 nitrogen and oxygen atoms in total. The molecule has 2 rings (SSSR count). The molecule has 1 fully saturated rings. The van der Waals surface area contributed by atoms with Crippen LogP contribution < -0.4 is 5.73 Å². The summed E-state index contributed by atoms with van der Waals surface area (Å²) in [6, 6.07) is 7.86. The highest BCUT2D eigenvalue weighted by Gasteiger charge is 2.57. The van der Waals surface area contributed by atoms with Gasteiger partial charge < -0.3 is 15.9 Å². The molecule has 3 atom stereocenters. The standard InChI is InChI=1S/C15H19NO4S/c1-21-10-4-2-3-9(7-10)5-6-15(16,14(19)20)12-8-11(12)13(17)18/h2-4,7,11-12H,5-6,8,16H2,1H3,(H,17,18)(H,19,20)/t11-,12-,15?/m0/s1. The van der Waals surface area contributed by atoms with Crippen molar-refractivity contribution in [3.63, 3.8) is 0 Å². The summed E-state index contributed by atoms with van der Waals surface area (Å²) in [5, 5.41) is 18.4. The molecule has 0 aromatic heterocycles. The average molecular weight is 309 g/mol. The second-order valence-corrected chi connectivity index (χ2v) is 6.36. The second kappa shape index (κ2) is 6.07. The Bertz CT molecular complexity index is 562. The molecule has 0 saturated heterocycles. The predicted molar refractivity (Wildman–Crippen MR) is 80.3 cm³/mol. The van der Waals surface area contributed by atoms with Crippen molar-refractivity contribution in [2.45, 2.75) is 29.7 Å². The van der Waals surface area contributed by atoms with Gasteiger partial charge in [-0.05, 0) is 43.2 Å². The first kappa shape index (κ1) is 15.9. The predicted octanol–water partition coefficient (Wildman–Crippen LogP) is 1.84. The van der Waals surface area contributed by atoms with Gasteiger partial charge >= 0.3 is 11.9 Å². The van der Waals surface area contributed by atoms with Crippen LogP contribution in [0.25, 0.3) is 0 Å². The van der Waals surface area contributed by atoms with E-state index in [1.807, 2.05) is 30.5 Å². The number of thioether (sulfide) groups is 1. The highest BCUT2D eigenvalue weighted by atomic mass is 32.2. The van der Waals surface area contributed by atoms with Gasteiger partial charge in [-0.3, -0.25) is 9.59 Å². The van der Waals surface area contributed by atoms with Crippen LogP contribution in [0, 0.1) is 11.8 Å².